The molecule has 0 heterocycles. The first-order valence-electron chi connectivity index (χ1n) is 7.16. The summed E-state index contributed by atoms with van der Waals surface area (Å²) in [6.45, 7) is 5.28. The molecule has 0 fully saturated rings. The maximum absolute atomic E-state index is 12.9. The van der Waals surface area contributed by atoms with Gasteiger partial charge in [0, 0.05) is 13.2 Å². The van der Waals surface area contributed by atoms with Crippen LogP contribution in [0.2, 0.25) is 0 Å². The van der Waals surface area contributed by atoms with E-state index in [0.29, 0.717) is 12.1 Å². The predicted molar refractivity (Wildman–Crippen MR) is 77.9 cm³/mol. The Morgan fingerprint density at radius 1 is 1.21 bits per heavy atom. The van der Waals surface area contributed by atoms with Crippen molar-refractivity contribution in [2.24, 2.45) is 0 Å². The number of rotatable bonds is 9. The molecule has 2 unspecified atom stereocenters. The molecule has 1 rings (SSSR count). The molecule has 0 aliphatic rings. The van der Waals surface area contributed by atoms with Crippen LogP contribution < -0.4 is 5.32 Å². The van der Waals surface area contributed by atoms with Crippen molar-refractivity contribution >= 4 is 0 Å². The van der Waals surface area contributed by atoms with Crippen molar-refractivity contribution in [3.63, 3.8) is 0 Å². The van der Waals surface area contributed by atoms with Gasteiger partial charge in [0.15, 0.2) is 0 Å². The van der Waals surface area contributed by atoms with Crippen LogP contribution in [0.3, 0.4) is 0 Å². The largest absolute Gasteiger partial charge is 0.382 e. The van der Waals surface area contributed by atoms with E-state index in [1.807, 2.05) is 12.1 Å². The van der Waals surface area contributed by atoms with E-state index in [1.54, 1.807) is 7.11 Å². The molecule has 0 aliphatic carbocycles. The number of nitrogens with one attached hydrogen (secondary N) is 1. The predicted octanol–water partition coefficient (Wildman–Crippen LogP) is 3.55. The van der Waals surface area contributed by atoms with Crippen LogP contribution in [0.25, 0.3) is 0 Å². The monoisotopic (exact) mass is 267 g/mol. The van der Waals surface area contributed by atoms with Gasteiger partial charge in [-0.1, -0.05) is 19.1 Å². The van der Waals surface area contributed by atoms with Crippen molar-refractivity contribution in [2.75, 3.05) is 13.7 Å². The molecule has 0 amide bonds. The number of halogens is 1. The van der Waals surface area contributed by atoms with Crippen LogP contribution in [0.5, 0.6) is 0 Å². The Bertz CT molecular complexity index is 339. The minimum absolute atomic E-state index is 0.171. The van der Waals surface area contributed by atoms with Crippen molar-refractivity contribution in [3.8, 4) is 0 Å². The van der Waals surface area contributed by atoms with E-state index in [4.69, 9.17) is 4.74 Å². The summed E-state index contributed by atoms with van der Waals surface area (Å²) in [6.07, 6.45) is 4.47. The van der Waals surface area contributed by atoms with Gasteiger partial charge in [0.2, 0.25) is 0 Å². The topological polar surface area (TPSA) is 21.3 Å². The zero-order chi connectivity index (χ0) is 14.1. The second-order valence-electron chi connectivity index (χ2n) is 5.11. The first-order chi connectivity index (χ1) is 9.15. The average molecular weight is 267 g/mol. The van der Waals surface area contributed by atoms with Gasteiger partial charge in [0.05, 0.1) is 6.10 Å². The number of ether oxygens (including phenoxy) is 1. The Labute approximate surface area is 116 Å². The first kappa shape index (κ1) is 16.1. The third kappa shape index (κ3) is 6.69. The van der Waals surface area contributed by atoms with Gasteiger partial charge in [-0.05, 0) is 56.8 Å². The highest BCUT2D eigenvalue weighted by molar-refractivity contribution is 5.17. The van der Waals surface area contributed by atoms with Gasteiger partial charge >= 0.3 is 0 Å². The number of benzene rings is 1. The van der Waals surface area contributed by atoms with Crippen molar-refractivity contribution in [1.82, 2.24) is 5.32 Å². The molecule has 3 heteroatoms. The molecule has 0 bridgehead atoms. The highest BCUT2D eigenvalue weighted by Gasteiger charge is 2.11. The zero-order valence-corrected chi connectivity index (χ0v) is 12.3. The lowest BCUT2D eigenvalue weighted by molar-refractivity contribution is 0.106. The Kier molecular flexibility index (Phi) is 7.68. The molecule has 1 N–H and O–H groups in total. The van der Waals surface area contributed by atoms with Crippen LogP contribution in [0, 0.1) is 5.82 Å². The standard InChI is InChI=1S/C16H26FNO/c1-4-11-18-16(10-5-13(2)19-3)12-14-6-8-15(17)9-7-14/h6-9,13,16,18H,4-5,10-12H2,1-3H3. The van der Waals surface area contributed by atoms with E-state index in [9.17, 15) is 4.39 Å². The summed E-state index contributed by atoms with van der Waals surface area (Å²) in [5, 5.41) is 3.56. The van der Waals surface area contributed by atoms with Gasteiger partial charge in [-0.2, -0.15) is 0 Å². The molecule has 1 aromatic rings. The lowest BCUT2D eigenvalue weighted by Crippen LogP contribution is -2.32. The van der Waals surface area contributed by atoms with Crippen molar-refractivity contribution in [2.45, 2.75) is 51.7 Å². The van der Waals surface area contributed by atoms with Gasteiger partial charge in [0.25, 0.3) is 0 Å². The Morgan fingerprint density at radius 3 is 2.47 bits per heavy atom. The Hall–Kier alpha value is -0.930. The third-order valence-electron chi connectivity index (χ3n) is 3.40. The summed E-state index contributed by atoms with van der Waals surface area (Å²) < 4.78 is 18.2. The summed E-state index contributed by atoms with van der Waals surface area (Å²) in [5.74, 6) is -0.171. The minimum atomic E-state index is -0.171. The van der Waals surface area contributed by atoms with Crippen molar-refractivity contribution in [3.05, 3.63) is 35.6 Å². The van der Waals surface area contributed by atoms with E-state index < -0.39 is 0 Å². The van der Waals surface area contributed by atoms with Crippen LogP contribution in [0.15, 0.2) is 24.3 Å². The van der Waals surface area contributed by atoms with Crippen LogP contribution in [0.1, 0.15) is 38.7 Å². The van der Waals surface area contributed by atoms with E-state index in [0.717, 1.165) is 32.2 Å². The Balaban J connectivity index is 2.50. The fourth-order valence-electron chi connectivity index (χ4n) is 2.08. The van der Waals surface area contributed by atoms with E-state index in [2.05, 4.69) is 19.2 Å². The summed E-state index contributed by atoms with van der Waals surface area (Å²) in [5.41, 5.74) is 1.18. The average Bonchev–Trinajstić information content (AvgIpc) is 2.43. The fourth-order valence-corrected chi connectivity index (χ4v) is 2.08. The number of hydrogen-bond acceptors (Lipinski definition) is 2. The van der Waals surface area contributed by atoms with Crippen LogP contribution in [-0.4, -0.2) is 25.8 Å². The molecule has 0 saturated carbocycles. The second kappa shape index (κ2) is 9.05. The van der Waals surface area contributed by atoms with E-state index in [-0.39, 0.29) is 5.82 Å². The van der Waals surface area contributed by atoms with E-state index >= 15 is 0 Å². The highest BCUT2D eigenvalue weighted by Crippen LogP contribution is 2.11. The van der Waals surface area contributed by atoms with Crippen LogP contribution >= 0.6 is 0 Å². The number of methoxy groups -OCH3 is 1. The number of hydrogen-bond donors (Lipinski definition) is 1. The van der Waals surface area contributed by atoms with Gasteiger partial charge in [-0.15, -0.1) is 0 Å². The van der Waals surface area contributed by atoms with Crippen LogP contribution in [-0.2, 0) is 11.2 Å². The van der Waals surface area contributed by atoms with Gasteiger partial charge in [-0.25, -0.2) is 4.39 Å². The smallest absolute Gasteiger partial charge is 0.123 e. The molecule has 0 aromatic heterocycles. The van der Waals surface area contributed by atoms with Gasteiger partial charge in [0.1, 0.15) is 5.82 Å². The SMILES string of the molecule is CCCNC(CCC(C)OC)Cc1ccc(F)cc1. The third-order valence-corrected chi connectivity index (χ3v) is 3.40. The zero-order valence-electron chi connectivity index (χ0n) is 12.3. The molecule has 0 aliphatic heterocycles. The first-order valence-corrected chi connectivity index (χ1v) is 7.16. The molecular formula is C16H26FNO. The summed E-state index contributed by atoms with van der Waals surface area (Å²) in [7, 11) is 1.75. The van der Waals surface area contributed by atoms with Gasteiger partial charge < -0.3 is 10.1 Å². The molecule has 0 radical (unpaired) electrons. The maximum Gasteiger partial charge on any atom is 0.123 e. The maximum atomic E-state index is 12.9. The normalized spacial score (nSPS) is 14.3. The second-order valence-corrected chi connectivity index (χ2v) is 5.11. The molecule has 2 nitrogen and oxygen atoms in total. The molecule has 0 spiro atoms. The minimum Gasteiger partial charge on any atom is -0.382 e. The summed E-state index contributed by atoms with van der Waals surface area (Å²) in [6, 6.07) is 7.24. The molecule has 1 aromatic carbocycles. The van der Waals surface area contributed by atoms with Crippen LogP contribution in [0.4, 0.5) is 4.39 Å². The van der Waals surface area contributed by atoms with Crippen molar-refractivity contribution < 1.29 is 9.13 Å². The molecular weight excluding hydrogens is 241 g/mol. The van der Waals surface area contributed by atoms with E-state index in [1.165, 1.54) is 17.7 Å². The molecule has 19 heavy (non-hydrogen) atoms. The fraction of sp³-hybridized carbons (Fsp3) is 0.625. The lowest BCUT2D eigenvalue weighted by Gasteiger charge is -2.20. The summed E-state index contributed by atoms with van der Waals surface area (Å²) in [4.78, 5) is 0. The molecule has 108 valence electrons. The lowest BCUT2D eigenvalue weighted by atomic mass is 10.00. The Morgan fingerprint density at radius 2 is 1.89 bits per heavy atom. The highest BCUT2D eigenvalue weighted by atomic mass is 19.1. The molecule has 0 saturated heterocycles. The quantitative estimate of drug-likeness (QED) is 0.739. The summed E-state index contributed by atoms with van der Waals surface area (Å²) >= 11 is 0. The molecule has 2 atom stereocenters. The van der Waals surface area contributed by atoms with Crippen molar-refractivity contribution in [1.29, 1.82) is 0 Å². The van der Waals surface area contributed by atoms with Gasteiger partial charge in [-0.3, -0.25) is 0 Å².